The molecule has 0 aromatic carbocycles. The first-order valence-electron chi connectivity index (χ1n) is 23.2. The van der Waals surface area contributed by atoms with Crippen LogP contribution in [0.1, 0.15) is 142 Å². The first kappa shape index (κ1) is 61.5. The highest BCUT2D eigenvalue weighted by molar-refractivity contribution is 7.47. The van der Waals surface area contributed by atoms with Crippen LogP contribution in [0.4, 0.5) is 0 Å². The Hall–Kier alpha value is -3.48. The molecule has 0 aliphatic heterocycles. The Morgan fingerprint density at radius 2 is 0.800 bits per heavy atom. The second-order valence-corrected chi connectivity index (χ2v) is 17.6. The molecule has 0 fully saturated rings. The summed E-state index contributed by atoms with van der Waals surface area (Å²) in [6.45, 7) is 1.44. The molecule has 1 unspecified atom stereocenters. The largest absolute Gasteiger partial charge is 0.472 e. The molecular formula is C50H80O13P2. The average Bonchev–Trinajstić information content (AvgIpc) is 3.27. The molecule has 3 atom stereocenters. The minimum Gasteiger partial charge on any atom is -0.462 e. The van der Waals surface area contributed by atoms with Crippen LogP contribution in [-0.4, -0.2) is 70.4 Å². The molecule has 0 radical (unpaired) electrons. The second-order valence-electron chi connectivity index (χ2n) is 14.9. The number of aliphatic hydroxyl groups excluding tert-OH is 1. The summed E-state index contributed by atoms with van der Waals surface area (Å²) in [6.07, 6.45) is 56.1. The van der Waals surface area contributed by atoms with Crippen LogP contribution < -0.4 is 0 Å². The molecule has 0 saturated carbocycles. The van der Waals surface area contributed by atoms with Gasteiger partial charge in [-0.3, -0.25) is 23.2 Å². The van der Waals surface area contributed by atoms with E-state index in [9.17, 15) is 28.7 Å². The molecule has 65 heavy (non-hydrogen) atoms. The molecule has 0 saturated heterocycles. The van der Waals surface area contributed by atoms with Gasteiger partial charge < -0.3 is 29.3 Å². The molecule has 0 bridgehead atoms. The molecule has 0 heterocycles. The van der Waals surface area contributed by atoms with E-state index in [2.05, 4.69) is 144 Å². The maximum atomic E-state index is 12.7. The number of aliphatic hydroxyl groups is 1. The van der Waals surface area contributed by atoms with Crippen molar-refractivity contribution in [2.24, 2.45) is 0 Å². The van der Waals surface area contributed by atoms with E-state index in [0.29, 0.717) is 12.8 Å². The Bertz CT molecular complexity index is 1600. The SMILES string of the molecule is CC/C=C\C/C=C\C/C=C\C/C=C\C/C=C\CCCCCC(=O)OC[C@H](COP(=O)(O)OC[C@@H](O)COP(=O)(O)O)OC(=O)CCCCC/C=C\C/C=C\C/C=C\C/C=C\C/C=C\CC. The van der Waals surface area contributed by atoms with Crippen LogP contribution in [0, 0.1) is 0 Å². The van der Waals surface area contributed by atoms with Gasteiger partial charge in [-0.15, -0.1) is 0 Å². The van der Waals surface area contributed by atoms with E-state index in [1.807, 2.05) is 0 Å². The molecule has 0 amide bonds. The Balaban J connectivity index is 4.63. The van der Waals surface area contributed by atoms with E-state index < -0.39 is 66.2 Å². The Kier molecular flexibility index (Phi) is 42.0. The number of allylic oxidation sites excluding steroid dienone is 20. The van der Waals surface area contributed by atoms with Gasteiger partial charge >= 0.3 is 27.6 Å². The van der Waals surface area contributed by atoms with E-state index in [1.54, 1.807) is 0 Å². The van der Waals surface area contributed by atoms with Crippen LogP contribution >= 0.6 is 15.6 Å². The molecule has 0 aliphatic carbocycles. The molecule has 13 nitrogen and oxygen atoms in total. The first-order valence-corrected chi connectivity index (χ1v) is 26.3. The summed E-state index contributed by atoms with van der Waals surface area (Å²) >= 11 is 0. The number of hydrogen-bond acceptors (Lipinski definition) is 10. The lowest BCUT2D eigenvalue weighted by Gasteiger charge is -2.20. The van der Waals surface area contributed by atoms with Crippen LogP contribution in [0.3, 0.4) is 0 Å². The van der Waals surface area contributed by atoms with E-state index in [4.69, 9.17) is 23.8 Å². The second kappa shape index (κ2) is 44.4. The van der Waals surface area contributed by atoms with E-state index in [-0.39, 0.29) is 12.8 Å². The smallest absolute Gasteiger partial charge is 0.462 e. The van der Waals surface area contributed by atoms with Crippen LogP contribution in [0.25, 0.3) is 0 Å². The lowest BCUT2D eigenvalue weighted by atomic mass is 10.1. The number of carbonyl (C=O) groups is 2. The molecule has 0 aromatic heterocycles. The Morgan fingerprint density at radius 1 is 0.446 bits per heavy atom. The number of phosphoric acid groups is 2. The van der Waals surface area contributed by atoms with Crippen molar-refractivity contribution in [3.05, 3.63) is 122 Å². The fraction of sp³-hybridized carbons (Fsp3) is 0.560. The fourth-order valence-electron chi connectivity index (χ4n) is 5.40. The maximum Gasteiger partial charge on any atom is 0.472 e. The number of esters is 2. The zero-order valence-electron chi connectivity index (χ0n) is 39.0. The van der Waals surface area contributed by atoms with Gasteiger partial charge in [-0.25, -0.2) is 9.13 Å². The van der Waals surface area contributed by atoms with Crippen molar-refractivity contribution in [3.8, 4) is 0 Å². The average molecular weight is 951 g/mol. The predicted molar refractivity (Wildman–Crippen MR) is 262 cm³/mol. The lowest BCUT2D eigenvalue weighted by Crippen LogP contribution is -2.30. The molecule has 0 rings (SSSR count). The van der Waals surface area contributed by atoms with Crippen molar-refractivity contribution in [2.75, 3.05) is 26.4 Å². The monoisotopic (exact) mass is 951 g/mol. The third-order valence-corrected chi connectivity index (χ3v) is 10.3. The number of rotatable bonds is 42. The van der Waals surface area contributed by atoms with Crippen LogP contribution in [-0.2, 0) is 41.8 Å². The van der Waals surface area contributed by atoms with Gasteiger partial charge in [0.05, 0.1) is 19.8 Å². The molecule has 0 spiro atoms. The summed E-state index contributed by atoms with van der Waals surface area (Å²) in [5, 5.41) is 9.76. The van der Waals surface area contributed by atoms with Crippen LogP contribution in [0.5, 0.6) is 0 Å². The molecular weight excluding hydrogens is 870 g/mol. The molecule has 0 aliphatic rings. The third kappa shape index (κ3) is 48.3. The maximum absolute atomic E-state index is 12.7. The molecule has 4 N–H and O–H groups in total. The zero-order valence-corrected chi connectivity index (χ0v) is 40.8. The Labute approximate surface area is 390 Å². The number of phosphoric ester groups is 2. The highest BCUT2D eigenvalue weighted by Gasteiger charge is 2.28. The first-order chi connectivity index (χ1) is 31.4. The van der Waals surface area contributed by atoms with E-state index in [0.717, 1.165) is 103 Å². The highest BCUT2D eigenvalue weighted by Crippen LogP contribution is 2.43. The van der Waals surface area contributed by atoms with E-state index in [1.165, 1.54) is 0 Å². The molecule has 0 aromatic rings. The van der Waals surface area contributed by atoms with Crippen LogP contribution in [0.2, 0.25) is 0 Å². The third-order valence-electron chi connectivity index (χ3n) is 8.84. The van der Waals surface area contributed by atoms with Crippen molar-refractivity contribution < 1.29 is 61.6 Å². The summed E-state index contributed by atoms with van der Waals surface area (Å²) < 4.78 is 47.8. The zero-order chi connectivity index (χ0) is 48.0. The minimum absolute atomic E-state index is 0.0764. The van der Waals surface area contributed by atoms with Gasteiger partial charge in [-0.2, -0.15) is 0 Å². The molecule has 368 valence electrons. The minimum atomic E-state index is -4.88. The summed E-state index contributed by atoms with van der Waals surface area (Å²) in [4.78, 5) is 52.8. The summed E-state index contributed by atoms with van der Waals surface area (Å²) in [6, 6.07) is 0. The molecule has 15 heteroatoms. The predicted octanol–water partition coefficient (Wildman–Crippen LogP) is 12.4. The van der Waals surface area contributed by atoms with Gasteiger partial charge in [0, 0.05) is 12.8 Å². The Morgan fingerprint density at radius 3 is 1.20 bits per heavy atom. The van der Waals surface area contributed by atoms with Crippen molar-refractivity contribution in [2.45, 2.75) is 154 Å². The van der Waals surface area contributed by atoms with Crippen LogP contribution in [0.15, 0.2) is 122 Å². The van der Waals surface area contributed by atoms with Gasteiger partial charge in [0.1, 0.15) is 12.7 Å². The number of unbranched alkanes of at least 4 members (excludes halogenated alkanes) is 6. The summed E-state index contributed by atoms with van der Waals surface area (Å²) in [5.41, 5.74) is 0. The van der Waals surface area contributed by atoms with Gasteiger partial charge in [-0.1, -0.05) is 148 Å². The topological polar surface area (TPSA) is 195 Å². The highest BCUT2D eigenvalue weighted by atomic mass is 31.2. The van der Waals surface area contributed by atoms with Gasteiger partial charge in [-0.05, 0) is 103 Å². The van der Waals surface area contributed by atoms with Crippen molar-refractivity contribution in [3.63, 3.8) is 0 Å². The fourth-order valence-corrected chi connectivity index (χ4v) is 6.55. The normalized spacial score (nSPS) is 15.0. The summed E-state index contributed by atoms with van der Waals surface area (Å²) in [7, 11) is -9.72. The van der Waals surface area contributed by atoms with Gasteiger partial charge in [0.25, 0.3) is 0 Å². The lowest BCUT2D eigenvalue weighted by molar-refractivity contribution is -0.161. The number of hydrogen-bond donors (Lipinski definition) is 4. The van der Waals surface area contributed by atoms with E-state index >= 15 is 0 Å². The number of ether oxygens (including phenoxy) is 2. The van der Waals surface area contributed by atoms with Crippen molar-refractivity contribution in [1.82, 2.24) is 0 Å². The number of carbonyl (C=O) groups excluding carboxylic acids is 2. The van der Waals surface area contributed by atoms with Crippen molar-refractivity contribution >= 4 is 27.6 Å². The van der Waals surface area contributed by atoms with Gasteiger partial charge in [0.15, 0.2) is 6.10 Å². The quantitative estimate of drug-likeness (QED) is 0.0195. The van der Waals surface area contributed by atoms with Gasteiger partial charge in [0.2, 0.25) is 0 Å². The summed E-state index contributed by atoms with van der Waals surface area (Å²) in [5.74, 6) is -1.12. The van der Waals surface area contributed by atoms with Crippen molar-refractivity contribution in [1.29, 1.82) is 0 Å². The standard InChI is InChI=1S/C50H80O13P2/c1-3-5-7-9-11-13-15-17-19-21-23-25-27-29-31-33-35-37-39-41-49(52)59-45-48(46-62-65(57,58)61-44-47(51)43-60-64(54,55)56)63-50(53)42-40-38-36-34-32-30-28-26-24-22-20-18-16-14-12-10-8-6-4-2/h5-8,11-14,17-20,23-26,29-32,47-48,51H,3-4,9-10,15-16,21-22,27-28,33-46H2,1-2H3,(H,57,58)(H2,54,55,56)/b7-5-,8-6-,13-11-,14-12-,19-17-,20-18-,25-23-,26-24-,31-29-,32-30-/t47-,48+/m0/s1.